The van der Waals surface area contributed by atoms with E-state index in [1.165, 1.54) is 0 Å². The standard InChI is InChI=1S/C17H13N3O3/c21-16-11-6-2-4-8-14(11)23-9-13(16)18-17(22)15-10-5-1-3-7-12(10)19-20-15/h1-8,13H,9H2,(H,18,22)(H,19,20)/t13-/m1/s1. The summed E-state index contributed by atoms with van der Waals surface area (Å²) in [4.78, 5) is 24.9. The first-order valence-electron chi connectivity index (χ1n) is 7.24. The number of benzene rings is 2. The highest BCUT2D eigenvalue weighted by Crippen LogP contribution is 2.24. The number of nitrogens with one attached hydrogen (secondary N) is 2. The number of carbonyl (C=O) groups excluding carboxylic acids is 2. The minimum Gasteiger partial charge on any atom is -0.490 e. The summed E-state index contributed by atoms with van der Waals surface area (Å²) in [5, 5.41) is 10.3. The van der Waals surface area contributed by atoms with E-state index in [0.717, 1.165) is 10.9 Å². The number of aromatic amines is 1. The van der Waals surface area contributed by atoms with Crippen LogP contribution < -0.4 is 10.1 Å². The largest absolute Gasteiger partial charge is 0.490 e. The number of H-pyrrole nitrogens is 1. The lowest BCUT2D eigenvalue weighted by Gasteiger charge is -2.24. The normalized spacial score (nSPS) is 16.7. The van der Waals surface area contributed by atoms with Gasteiger partial charge in [-0.05, 0) is 18.2 Å². The molecule has 0 radical (unpaired) electrons. The third-order valence-corrected chi connectivity index (χ3v) is 3.87. The molecular formula is C17H13N3O3. The van der Waals surface area contributed by atoms with Gasteiger partial charge in [-0.3, -0.25) is 14.7 Å². The molecule has 2 aromatic carbocycles. The lowest BCUT2D eigenvalue weighted by Crippen LogP contribution is -2.47. The number of hydrogen-bond donors (Lipinski definition) is 2. The summed E-state index contributed by atoms with van der Waals surface area (Å²) in [5.41, 5.74) is 1.53. The number of fused-ring (bicyclic) bond motifs is 2. The topological polar surface area (TPSA) is 84.1 Å². The van der Waals surface area contributed by atoms with Crippen LogP contribution in [0.3, 0.4) is 0 Å². The molecule has 0 unspecified atom stereocenters. The molecule has 1 aliphatic heterocycles. The Morgan fingerprint density at radius 3 is 2.87 bits per heavy atom. The van der Waals surface area contributed by atoms with Crippen LogP contribution >= 0.6 is 0 Å². The monoisotopic (exact) mass is 307 g/mol. The molecule has 6 heteroatoms. The van der Waals surface area contributed by atoms with Gasteiger partial charge in [0.15, 0.2) is 11.5 Å². The third-order valence-electron chi connectivity index (χ3n) is 3.87. The zero-order valence-corrected chi connectivity index (χ0v) is 12.1. The number of para-hydroxylation sites is 2. The van der Waals surface area contributed by atoms with E-state index in [2.05, 4.69) is 15.5 Å². The van der Waals surface area contributed by atoms with Crippen molar-refractivity contribution in [3.8, 4) is 5.75 Å². The second kappa shape index (κ2) is 5.24. The number of nitrogens with zero attached hydrogens (tertiary/aromatic N) is 1. The fraction of sp³-hybridized carbons (Fsp3) is 0.118. The molecule has 6 nitrogen and oxygen atoms in total. The van der Waals surface area contributed by atoms with Crippen LogP contribution in [0.5, 0.6) is 5.75 Å². The molecule has 1 aliphatic rings. The zero-order valence-electron chi connectivity index (χ0n) is 12.1. The maximum Gasteiger partial charge on any atom is 0.273 e. The Kier molecular flexibility index (Phi) is 3.08. The Balaban J connectivity index is 1.59. The average Bonchev–Trinajstić information content (AvgIpc) is 3.02. The number of aromatic nitrogens is 2. The van der Waals surface area contributed by atoms with Crippen LogP contribution in [0.1, 0.15) is 20.8 Å². The molecule has 23 heavy (non-hydrogen) atoms. The molecule has 0 fully saturated rings. The molecule has 0 bridgehead atoms. The summed E-state index contributed by atoms with van der Waals surface area (Å²) in [6.07, 6.45) is 0. The summed E-state index contributed by atoms with van der Waals surface area (Å²) in [5.74, 6) is -0.00274. The van der Waals surface area contributed by atoms with E-state index >= 15 is 0 Å². The van der Waals surface area contributed by atoms with Crippen LogP contribution in [0.25, 0.3) is 10.9 Å². The second-order valence-corrected chi connectivity index (χ2v) is 5.32. The first-order chi connectivity index (χ1) is 11.2. The Hall–Kier alpha value is -3.15. The molecular weight excluding hydrogens is 294 g/mol. The first-order valence-corrected chi connectivity index (χ1v) is 7.24. The van der Waals surface area contributed by atoms with Gasteiger partial charge in [-0.2, -0.15) is 5.10 Å². The fourth-order valence-corrected chi connectivity index (χ4v) is 2.70. The average molecular weight is 307 g/mol. The number of carbonyl (C=O) groups is 2. The Labute approximate surface area is 131 Å². The van der Waals surface area contributed by atoms with Crippen molar-refractivity contribution < 1.29 is 14.3 Å². The highest BCUT2D eigenvalue weighted by molar-refractivity contribution is 6.09. The minimum atomic E-state index is -0.715. The molecule has 0 saturated heterocycles. The SMILES string of the molecule is O=C(N[C@@H]1COc2ccccc2C1=O)c1n[nH]c2ccccc12. The third kappa shape index (κ3) is 2.24. The lowest BCUT2D eigenvalue weighted by atomic mass is 10.0. The van der Waals surface area contributed by atoms with E-state index < -0.39 is 11.9 Å². The number of ether oxygens (including phenoxy) is 1. The van der Waals surface area contributed by atoms with Gasteiger partial charge in [-0.1, -0.05) is 30.3 Å². The van der Waals surface area contributed by atoms with E-state index in [4.69, 9.17) is 4.74 Å². The molecule has 3 aromatic rings. The van der Waals surface area contributed by atoms with Gasteiger partial charge in [0.05, 0.1) is 11.1 Å². The van der Waals surface area contributed by atoms with Crippen molar-refractivity contribution in [2.45, 2.75) is 6.04 Å². The van der Waals surface area contributed by atoms with Gasteiger partial charge in [0, 0.05) is 5.39 Å². The van der Waals surface area contributed by atoms with Crippen molar-refractivity contribution in [2.24, 2.45) is 0 Å². The van der Waals surface area contributed by atoms with Crippen molar-refractivity contribution in [1.82, 2.24) is 15.5 Å². The number of amides is 1. The molecule has 0 saturated carbocycles. The highest BCUT2D eigenvalue weighted by Gasteiger charge is 2.30. The van der Waals surface area contributed by atoms with E-state index in [1.54, 1.807) is 24.3 Å². The smallest absolute Gasteiger partial charge is 0.273 e. The fourth-order valence-electron chi connectivity index (χ4n) is 2.70. The Morgan fingerprint density at radius 2 is 1.96 bits per heavy atom. The molecule has 1 aromatic heterocycles. The molecule has 1 amide bonds. The number of Topliss-reactive ketones (excluding diaryl/α,β-unsaturated/α-hetero) is 1. The van der Waals surface area contributed by atoms with Crippen molar-refractivity contribution in [3.05, 3.63) is 59.8 Å². The van der Waals surface area contributed by atoms with Gasteiger partial charge in [0.25, 0.3) is 5.91 Å². The van der Waals surface area contributed by atoms with Gasteiger partial charge in [-0.25, -0.2) is 0 Å². The predicted molar refractivity (Wildman–Crippen MR) is 83.6 cm³/mol. The van der Waals surface area contributed by atoms with Crippen molar-refractivity contribution in [2.75, 3.05) is 6.61 Å². The summed E-state index contributed by atoms with van der Waals surface area (Å²) >= 11 is 0. The number of rotatable bonds is 2. The molecule has 2 heterocycles. The summed E-state index contributed by atoms with van der Waals surface area (Å²) < 4.78 is 5.55. The highest BCUT2D eigenvalue weighted by atomic mass is 16.5. The molecule has 4 rings (SSSR count). The first kappa shape index (κ1) is 13.5. The summed E-state index contributed by atoms with van der Waals surface area (Å²) in [7, 11) is 0. The number of hydrogen-bond acceptors (Lipinski definition) is 4. The van der Waals surface area contributed by atoms with Crippen molar-refractivity contribution >= 4 is 22.6 Å². The van der Waals surface area contributed by atoms with Gasteiger partial charge < -0.3 is 10.1 Å². The predicted octanol–water partition coefficient (Wildman–Crippen LogP) is 1.94. The molecule has 114 valence electrons. The number of ketones is 1. The maximum atomic E-state index is 12.5. The summed E-state index contributed by atoms with van der Waals surface area (Å²) in [6, 6.07) is 13.6. The van der Waals surface area contributed by atoms with E-state index in [-0.39, 0.29) is 18.1 Å². The van der Waals surface area contributed by atoms with Crippen molar-refractivity contribution in [1.29, 1.82) is 0 Å². The van der Waals surface area contributed by atoms with Crippen LogP contribution in [-0.4, -0.2) is 34.5 Å². The van der Waals surface area contributed by atoms with Crippen LogP contribution in [0.4, 0.5) is 0 Å². The molecule has 1 atom stereocenters. The quantitative estimate of drug-likeness (QED) is 0.758. The Bertz CT molecular complexity index is 916. The Morgan fingerprint density at radius 1 is 1.17 bits per heavy atom. The van der Waals surface area contributed by atoms with Crippen LogP contribution in [0.15, 0.2) is 48.5 Å². The lowest BCUT2D eigenvalue weighted by molar-refractivity contribution is 0.0794. The zero-order chi connectivity index (χ0) is 15.8. The second-order valence-electron chi connectivity index (χ2n) is 5.32. The van der Waals surface area contributed by atoms with Gasteiger partial charge in [0.2, 0.25) is 0 Å². The van der Waals surface area contributed by atoms with Gasteiger partial charge >= 0.3 is 0 Å². The maximum absolute atomic E-state index is 12.5. The van der Waals surface area contributed by atoms with Crippen LogP contribution in [0.2, 0.25) is 0 Å². The van der Waals surface area contributed by atoms with E-state index in [0.29, 0.717) is 11.3 Å². The molecule has 2 N–H and O–H groups in total. The van der Waals surface area contributed by atoms with Crippen LogP contribution in [-0.2, 0) is 0 Å². The van der Waals surface area contributed by atoms with Crippen LogP contribution in [0, 0.1) is 0 Å². The van der Waals surface area contributed by atoms with Gasteiger partial charge in [0.1, 0.15) is 18.4 Å². The summed E-state index contributed by atoms with van der Waals surface area (Å²) in [6.45, 7) is 0.115. The molecule has 0 spiro atoms. The molecule has 0 aliphatic carbocycles. The van der Waals surface area contributed by atoms with E-state index in [1.807, 2.05) is 24.3 Å². The van der Waals surface area contributed by atoms with Gasteiger partial charge in [-0.15, -0.1) is 0 Å². The minimum absolute atomic E-state index is 0.115. The van der Waals surface area contributed by atoms with E-state index in [9.17, 15) is 9.59 Å². The van der Waals surface area contributed by atoms with Crippen molar-refractivity contribution in [3.63, 3.8) is 0 Å².